The minimum atomic E-state index is 0.469. The molecule has 0 radical (unpaired) electrons. The van der Waals surface area contributed by atoms with Crippen molar-refractivity contribution in [3.8, 4) is 0 Å². The predicted molar refractivity (Wildman–Crippen MR) is 67.2 cm³/mol. The van der Waals surface area contributed by atoms with E-state index in [-0.39, 0.29) is 0 Å². The van der Waals surface area contributed by atoms with Crippen LogP contribution in [0.2, 0.25) is 0 Å². The van der Waals surface area contributed by atoms with Gasteiger partial charge in [0.2, 0.25) is 0 Å². The molecule has 1 aliphatic heterocycles. The third kappa shape index (κ3) is 2.60. The average Bonchev–Trinajstić information content (AvgIpc) is 2.84. The smallest absolute Gasteiger partial charge is 0.109 e. The van der Waals surface area contributed by atoms with Crippen molar-refractivity contribution in [3.05, 3.63) is 11.8 Å². The fraction of sp³-hybridized carbons (Fsp3) is 0.857. The summed E-state index contributed by atoms with van der Waals surface area (Å²) in [5.74, 6) is 2.94. The molecule has 0 bridgehead atoms. The monoisotopic (exact) mass is 223 g/mol. The van der Waals surface area contributed by atoms with Gasteiger partial charge in [-0.3, -0.25) is 0 Å². The first kappa shape index (κ1) is 12.0. The molecule has 2 heteroatoms. The molecule has 1 saturated carbocycles. The minimum Gasteiger partial charge on any atom is -0.496 e. The molecule has 16 heavy (non-hydrogen) atoms. The van der Waals surface area contributed by atoms with E-state index in [1.807, 2.05) is 0 Å². The maximum atomic E-state index is 5.73. The third-order valence-electron chi connectivity index (χ3n) is 4.22. The first-order valence-electron chi connectivity index (χ1n) is 6.85. The summed E-state index contributed by atoms with van der Waals surface area (Å²) in [5, 5.41) is 3.47. The van der Waals surface area contributed by atoms with Crippen LogP contribution >= 0.6 is 0 Å². The summed E-state index contributed by atoms with van der Waals surface area (Å²) in [5.41, 5.74) is 0. The first-order valence-corrected chi connectivity index (χ1v) is 6.85. The Hall–Kier alpha value is -0.500. The van der Waals surface area contributed by atoms with Gasteiger partial charge in [-0.25, -0.2) is 0 Å². The van der Waals surface area contributed by atoms with Crippen LogP contribution in [0.4, 0.5) is 0 Å². The summed E-state index contributed by atoms with van der Waals surface area (Å²) in [6, 6.07) is 0.469. The first-order chi connectivity index (χ1) is 7.85. The molecular formula is C14H25NO. The Morgan fingerprint density at radius 1 is 1.50 bits per heavy atom. The second kappa shape index (κ2) is 5.72. The normalized spacial score (nSPS) is 32.0. The highest BCUT2D eigenvalue weighted by atomic mass is 16.5. The Kier molecular flexibility index (Phi) is 4.28. The second-order valence-corrected chi connectivity index (χ2v) is 5.21. The predicted octanol–water partition coefficient (Wildman–Crippen LogP) is 3.10. The van der Waals surface area contributed by atoms with E-state index >= 15 is 0 Å². The van der Waals surface area contributed by atoms with Gasteiger partial charge >= 0.3 is 0 Å². The molecular weight excluding hydrogens is 198 g/mol. The molecule has 0 aromatic heterocycles. The van der Waals surface area contributed by atoms with Gasteiger partial charge in [-0.2, -0.15) is 0 Å². The van der Waals surface area contributed by atoms with Crippen LogP contribution in [0.15, 0.2) is 11.8 Å². The molecule has 1 heterocycles. The lowest BCUT2D eigenvalue weighted by atomic mass is 9.76. The topological polar surface area (TPSA) is 21.3 Å². The highest BCUT2D eigenvalue weighted by Crippen LogP contribution is 2.35. The highest BCUT2D eigenvalue weighted by molar-refractivity contribution is 5.09. The summed E-state index contributed by atoms with van der Waals surface area (Å²) >= 11 is 0. The molecule has 1 N–H and O–H groups in total. The van der Waals surface area contributed by atoms with E-state index in [0.29, 0.717) is 6.04 Å². The second-order valence-electron chi connectivity index (χ2n) is 5.21. The summed E-state index contributed by atoms with van der Waals surface area (Å²) in [6.45, 7) is 3.21. The quantitative estimate of drug-likeness (QED) is 0.790. The zero-order valence-electron chi connectivity index (χ0n) is 10.7. The molecule has 2 rings (SSSR count). The van der Waals surface area contributed by atoms with Gasteiger partial charge < -0.3 is 10.1 Å². The van der Waals surface area contributed by atoms with Gasteiger partial charge in [-0.05, 0) is 37.8 Å². The maximum Gasteiger partial charge on any atom is 0.109 e. The summed E-state index contributed by atoms with van der Waals surface area (Å²) in [4.78, 5) is 0. The molecule has 0 amide bonds. The van der Waals surface area contributed by atoms with Crippen LogP contribution in [-0.4, -0.2) is 19.7 Å². The number of hydrogen-bond donors (Lipinski definition) is 1. The Bertz CT molecular complexity index is 249. The Morgan fingerprint density at radius 2 is 2.38 bits per heavy atom. The Labute approximate surface area is 99.4 Å². The molecule has 0 spiro atoms. The summed E-state index contributed by atoms with van der Waals surface area (Å²) in [6.07, 6.45) is 10.3. The molecule has 0 aromatic rings. The third-order valence-corrected chi connectivity index (χ3v) is 4.22. The van der Waals surface area contributed by atoms with E-state index in [2.05, 4.69) is 25.4 Å². The SMILES string of the molecule is CCC1CCCC(C(NC)C2=CCCO2)C1. The largest absolute Gasteiger partial charge is 0.496 e. The van der Waals surface area contributed by atoms with E-state index in [0.717, 1.165) is 24.9 Å². The molecule has 3 unspecified atom stereocenters. The minimum absolute atomic E-state index is 0.469. The van der Waals surface area contributed by atoms with Crippen LogP contribution in [0.25, 0.3) is 0 Å². The van der Waals surface area contributed by atoms with E-state index in [1.54, 1.807) is 0 Å². The number of rotatable bonds is 4. The molecule has 3 atom stereocenters. The van der Waals surface area contributed by atoms with Gasteiger partial charge in [0.1, 0.15) is 5.76 Å². The molecule has 2 aliphatic rings. The summed E-state index contributed by atoms with van der Waals surface area (Å²) in [7, 11) is 2.07. The zero-order valence-corrected chi connectivity index (χ0v) is 10.7. The maximum absolute atomic E-state index is 5.73. The van der Waals surface area contributed by atoms with Crippen molar-refractivity contribution in [1.82, 2.24) is 5.32 Å². The number of likely N-dealkylation sites (N-methyl/N-ethyl adjacent to an activating group) is 1. The van der Waals surface area contributed by atoms with Crippen molar-refractivity contribution >= 4 is 0 Å². The van der Waals surface area contributed by atoms with E-state index in [9.17, 15) is 0 Å². The number of hydrogen-bond acceptors (Lipinski definition) is 2. The molecule has 2 nitrogen and oxygen atoms in total. The zero-order chi connectivity index (χ0) is 11.4. The van der Waals surface area contributed by atoms with Gasteiger partial charge in [0.05, 0.1) is 12.6 Å². The van der Waals surface area contributed by atoms with E-state index in [1.165, 1.54) is 37.9 Å². The van der Waals surface area contributed by atoms with Gasteiger partial charge in [0.25, 0.3) is 0 Å². The van der Waals surface area contributed by atoms with Crippen LogP contribution in [0.1, 0.15) is 45.4 Å². The van der Waals surface area contributed by atoms with Crippen molar-refractivity contribution in [1.29, 1.82) is 0 Å². The lowest BCUT2D eigenvalue weighted by Gasteiger charge is -2.34. The number of nitrogens with one attached hydrogen (secondary N) is 1. The molecule has 0 aromatic carbocycles. The summed E-state index contributed by atoms with van der Waals surface area (Å²) < 4.78 is 5.73. The van der Waals surface area contributed by atoms with Gasteiger partial charge in [0.15, 0.2) is 0 Å². The Morgan fingerprint density at radius 3 is 3.00 bits per heavy atom. The average molecular weight is 223 g/mol. The lowest BCUT2D eigenvalue weighted by molar-refractivity contribution is 0.161. The van der Waals surface area contributed by atoms with Crippen molar-refractivity contribution in [3.63, 3.8) is 0 Å². The fourth-order valence-corrected chi connectivity index (χ4v) is 3.27. The van der Waals surface area contributed by atoms with Crippen LogP contribution in [0.3, 0.4) is 0 Å². The van der Waals surface area contributed by atoms with Crippen molar-refractivity contribution in [2.45, 2.75) is 51.5 Å². The fourth-order valence-electron chi connectivity index (χ4n) is 3.27. The van der Waals surface area contributed by atoms with E-state index in [4.69, 9.17) is 4.74 Å². The molecule has 1 fully saturated rings. The van der Waals surface area contributed by atoms with Gasteiger partial charge in [0, 0.05) is 6.42 Å². The van der Waals surface area contributed by atoms with Crippen LogP contribution < -0.4 is 5.32 Å². The molecule has 1 aliphatic carbocycles. The molecule has 92 valence electrons. The Balaban J connectivity index is 1.97. The van der Waals surface area contributed by atoms with Crippen LogP contribution in [0.5, 0.6) is 0 Å². The van der Waals surface area contributed by atoms with Crippen molar-refractivity contribution in [2.24, 2.45) is 11.8 Å². The van der Waals surface area contributed by atoms with Crippen LogP contribution in [-0.2, 0) is 4.74 Å². The van der Waals surface area contributed by atoms with E-state index < -0.39 is 0 Å². The highest BCUT2D eigenvalue weighted by Gasteiger charge is 2.30. The number of ether oxygens (including phenoxy) is 1. The lowest BCUT2D eigenvalue weighted by Crippen LogP contribution is -2.38. The van der Waals surface area contributed by atoms with Crippen LogP contribution in [0, 0.1) is 11.8 Å². The molecule has 0 saturated heterocycles. The van der Waals surface area contributed by atoms with Gasteiger partial charge in [-0.1, -0.05) is 26.2 Å². The standard InChI is InChI=1S/C14H25NO/c1-3-11-6-4-7-12(10-11)14(15-2)13-8-5-9-16-13/h8,11-12,14-15H,3-7,9-10H2,1-2H3. The van der Waals surface area contributed by atoms with Crippen molar-refractivity contribution in [2.75, 3.05) is 13.7 Å². The van der Waals surface area contributed by atoms with Gasteiger partial charge in [-0.15, -0.1) is 0 Å². The van der Waals surface area contributed by atoms with Crippen molar-refractivity contribution < 1.29 is 4.74 Å².